The van der Waals surface area contributed by atoms with Crippen molar-refractivity contribution in [2.24, 2.45) is 0 Å². The molecule has 0 aliphatic carbocycles. The molecule has 0 bridgehead atoms. The van der Waals surface area contributed by atoms with E-state index in [1.165, 1.54) is 0 Å². The molecule has 1 saturated heterocycles. The third-order valence-corrected chi connectivity index (χ3v) is 3.85. The lowest BCUT2D eigenvalue weighted by atomic mass is 10.1. The maximum Gasteiger partial charge on any atom is 0.338 e. The van der Waals surface area contributed by atoms with Gasteiger partial charge in [0.1, 0.15) is 0 Å². The number of benzene rings is 1. The Bertz CT molecular complexity index is 464. The van der Waals surface area contributed by atoms with Crippen LogP contribution >= 0.6 is 15.9 Å². The highest BCUT2D eigenvalue weighted by molar-refractivity contribution is 9.10. The molecule has 19 heavy (non-hydrogen) atoms. The van der Waals surface area contributed by atoms with Crippen molar-refractivity contribution < 1.29 is 14.3 Å². The minimum Gasteiger partial charge on any atom is -0.462 e. The average Bonchev–Trinajstić information content (AvgIpc) is 2.78. The van der Waals surface area contributed by atoms with Gasteiger partial charge in [0.05, 0.1) is 24.3 Å². The Hall–Kier alpha value is -1.07. The predicted octanol–water partition coefficient (Wildman–Crippen LogP) is 3.22. The fourth-order valence-electron chi connectivity index (χ4n) is 2.09. The molecule has 0 spiro atoms. The van der Waals surface area contributed by atoms with Crippen molar-refractivity contribution in [1.82, 2.24) is 0 Å². The molecule has 0 amide bonds. The normalized spacial score (nSPS) is 22.3. The summed E-state index contributed by atoms with van der Waals surface area (Å²) in [5, 5.41) is 3.43. The van der Waals surface area contributed by atoms with Crippen LogP contribution in [-0.4, -0.2) is 31.3 Å². The summed E-state index contributed by atoms with van der Waals surface area (Å²) in [6.45, 7) is 5.03. The summed E-state index contributed by atoms with van der Waals surface area (Å²) < 4.78 is 11.4. The summed E-state index contributed by atoms with van der Waals surface area (Å²) in [4.78, 5) is 11.6. The molecular formula is C14H18BrNO3. The molecule has 1 aliphatic heterocycles. The Kier molecular flexibility index (Phi) is 4.82. The zero-order chi connectivity index (χ0) is 13.8. The van der Waals surface area contributed by atoms with Crippen molar-refractivity contribution in [3.63, 3.8) is 0 Å². The fraction of sp³-hybridized carbons (Fsp3) is 0.500. The van der Waals surface area contributed by atoms with Crippen LogP contribution in [0.2, 0.25) is 0 Å². The zero-order valence-electron chi connectivity index (χ0n) is 11.1. The summed E-state index contributed by atoms with van der Waals surface area (Å²) in [5.41, 5.74) is 1.52. The van der Waals surface area contributed by atoms with Gasteiger partial charge in [-0.3, -0.25) is 0 Å². The van der Waals surface area contributed by atoms with Crippen molar-refractivity contribution in [3.8, 4) is 0 Å². The molecule has 0 radical (unpaired) electrons. The van der Waals surface area contributed by atoms with E-state index in [0.29, 0.717) is 18.2 Å². The third-order valence-electron chi connectivity index (χ3n) is 3.20. The molecule has 1 aliphatic rings. The number of ether oxygens (including phenoxy) is 2. The van der Waals surface area contributed by atoms with Crippen LogP contribution in [-0.2, 0) is 9.47 Å². The standard InChI is InChI=1S/C14H18BrNO3/c1-3-18-14(17)10-4-5-13(11(15)8-10)16-12-6-7-19-9(12)2/h4-5,8-9,12,16H,3,6-7H2,1-2H3. The van der Waals surface area contributed by atoms with Crippen LogP contribution in [0.1, 0.15) is 30.6 Å². The van der Waals surface area contributed by atoms with Gasteiger partial charge in [-0.25, -0.2) is 4.79 Å². The van der Waals surface area contributed by atoms with Crippen molar-refractivity contribution in [2.45, 2.75) is 32.4 Å². The number of hydrogen-bond acceptors (Lipinski definition) is 4. The maximum atomic E-state index is 11.6. The second-order valence-corrected chi connectivity index (χ2v) is 5.38. The van der Waals surface area contributed by atoms with Crippen molar-refractivity contribution >= 4 is 27.6 Å². The summed E-state index contributed by atoms with van der Waals surface area (Å²) >= 11 is 3.48. The van der Waals surface area contributed by atoms with Crippen molar-refractivity contribution in [3.05, 3.63) is 28.2 Å². The number of carbonyl (C=O) groups excluding carboxylic acids is 1. The first-order valence-electron chi connectivity index (χ1n) is 6.46. The van der Waals surface area contributed by atoms with Gasteiger partial charge in [-0.1, -0.05) is 0 Å². The minimum atomic E-state index is -0.299. The molecular weight excluding hydrogens is 310 g/mol. The summed E-state index contributed by atoms with van der Waals surface area (Å²) in [5.74, 6) is -0.299. The second-order valence-electron chi connectivity index (χ2n) is 4.53. The van der Waals surface area contributed by atoms with Crippen LogP contribution in [0.15, 0.2) is 22.7 Å². The lowest BCUT2D eigenvalue weighted by Gasteiger charge is -2.18. The smallest absolute Gasteiger partial charge is 0.338 e. The number of rotatable bonds is 4. The van der Waals surface area contributed by atoms with E-state index in [9.17, 15) is 4.79 Å². The van der Waals surface area contributed by atoms with Gasteiger partial charge >= 0.3 is 5.97 Å². The van der Waals surface area contributed by atoms with Crippen LogP contribution in [0.4, 0.5) is 5.69 Å². The topological polar surface area (TPSA) is 47.6 Å². The van der Waals surface area contributed by atoms with Crippen LogP contribution in [0.3, 0.4) is 0 Å². The zero-order valence-corrected chi connectivity index (χ0v) is 12.7. The van der Waals surface area contributed by atoms with Crippen molar-refractivity contribution in [2.75, 3.05) is 18.5 Å². The molecule has 2 rings (SSSR count). The maximum absolute atomic E-state index is 11.6. The van der Waals surface area contributed by atoms with Gasteiger partial charge in [0.2, 0.25) is 0 Å². The molecule has 4 nitrogen and oxygen atoms in total. The highest BCUT2D eigenvalue weighted by Crippen LogP contribution is 2.27. The fourth-order valence-corrected chi connectivity index (χ4v) is 2.59. The van der Waals surface area contributed by atoms with Gasteiger partial charge in [-0.05, 0) is 54.4 Å². The average molecular weight is 328 g/mol. The number of esters is 1. The molecule has 2 atom stereocenters. The molecule has 1 aromatic carbocycles. The summed E-state index contributed by atoms with van der Waals surface area (Å²) in [7, 11) is 0. The van der Waals surface area contributed by atoms with Crippen LogP contribution in [0.5, 0.6) is 0 Å². The highest BCUT2D eigenvalue weighted by Gasteiger charge is 2.24. The van der Waals surface area contributed by atoms with E-state index in [-0.39, 0.29) is 12.1 Å². The monoisotopic (exact) mass is 327 g/mol. The van der Waals surface area contributed by atoms with Gasteiger partial charge in [0.25, 0.3) is 0 Å². The Balaban J connectivity index is 2.08. The highest BCUT2D eigenvalue weighted by atomic mass is 79.9. The Morgan fingerprint density at radius 3 is 2.95 bits per heavy atom. The first-order valence-corrected chi connectivity index (χ1v) is 7.26. The molecule has 2 unspecified atom stereocenters. The molecule has 1 aromatic rings. The predicted molar refractivity (Wildman–Crippen MR) is 77.5 cm³/mol. The van der Waals surface area contributed by atoms with E-state index in [2.05, 4.69) is 28.2 Å². The van der Waals surface area contributed by atoms with Crippen LogP contribution < -0.4 is 5.32 Å². The number of hydrogen-bond donors (Lipinski definition) is 1. The number of halogens is 1. The first-order chi connectivity index (χ1) is 9.11. The molecule has 1 N–H and O–H groups in total. The second kappa shape index (κ2) is 6.39. The SMILES string of the molecule is CCOC(=O)c1ccc(NC2CCOC2C)c(Br)c1. The van der Waals surface area contributed by atoms with Gasteiger partial charge < -0.3 is 14.8 Å². The lowest BCUT2D eigenvalue weighted by Crippen LogP contribution is -2.26. The van der Waals surface area contributed by atoms with E-state index >= 15 is 0 Å². The van der Waals surface area contributed by atoms with Gasteiger partial charge in [0, 0.05) is 16.8 Å². The Morgan fingerprint density at radius 1 is 1.58 bits per heavy atom. The molecule has 5 heteroatoms. The Labute approximate surface area is 121 Å². The van der Waals surface area contributed by atoms with E-state index in [1.807, 2.05) is 6.07 Å². The number of nitrogens with one attached hydrogen (secondary N) is 1. The van der Waals surface area contributed by atoms with Crippen molar-refractivity contribution in [1.29, 1.82) is 0 Å². The third kappa shape index (κ3) is 3.48. The Morgan fingerprint density at radius 2 is 2.37 bits per heavy atom. The summed E-state index contributed by atoms with van der Waals surface area (Å²) in [6, 6.07) is 5.75. The van der Waals surface area contributed by atoms with Crippen LogP contribution in [0.25, 0.3) is 0 Å². The number of anilines is 1. The van der Waals surface area contributed by atoms with E-state index in [1.54, 1.807) is 19.1 Å². The number of carbonyl (C=O) groups is 1. The molecule has 1 fully saturated rings. The molecule has 0 aromatic heterocycles. The molecule has 1 heterocycles. The largest absolute Gasteiger partial charge is 0.462 e. The summed E-state index contributed by atoms with van der Waals surface area (Å²) in [6.07, 6.45) is 1.20. The molecule has 104 valence electrons. The van der Waals surface area contributed by atoms with Gasteiger partial charge in [0.15, 0.2) is 0 Å². The van der Waals surface area contributed by atoms with Crippen LogP contribution in [0, 0.1) is 0 Å². The first kappa shape index (κ1) is 14.3. The molecule has 0 saturated carbocycles. The minimum absolute atomic E-state index is 0.205. The van der Waals surface area contributed by atoms with Gasteiger partial charge in [-0.15, -0.1) is 0 Å². The lowest BCUT2D eigenvalue weighted by molar-refractivity contribution is 0.0526. The quantitative estimate of drug-likeness (QED) is 0.862. The van der Waals surface area contributed by atoms with E-state index < -0.39 is 0 Å². The van der Waals surface area contributed by atoms with E-state index in [4.69, 9.17) is 9.47 Å². The van der Waals surface area contributed by atoms with Gasteiger partial charge in [-0.2, -0.15) is 0 Å². The van der Waals surface area contributed by atoms with E-state index in [0.717, 1.165) is 23.2 Å².